The zero-order chi connectivity index (χ0) is 17.6. The summed E-state index contributed by atoms with van der Waals surface area (Å²) in [6, 6.07) is 5.97. The van der Waals surface area contributed by atoms with Crippen LogP contribution in [0, 0.1) is 23.2 Å². The predicted octanol–water partition coefficient (Wildman–Crippen LogP) is 4.26. The van der Waals surface area contributed by atoms with E-state index in [1.165, 1.54) is 17.5 Å². The van der Waals surface area contributed by atoms with Gasteiger partial charge in [0.25, 0.3) is 0 Å². The van der Waals surface area contributed by atoms with E-state index in [1.807, 2.05) is 12.1 Å². The van der Waals surface area contributed by atoms with E-state index in [4.69, 9.17) is 4.74 Å². The summed E-state index contributed by atoms with van der Waals surface area (Å²) < 4.78 is 6.01. The highest BCUT2D eigenvalue weighted by molar-refractivity contribution is 5.40. The van der Waals surface area contributed by atoms with Crippen LogP contribution in [0.15, 0.2) is 18.2 Å². The van der Waals surface area contributed by atoms with Crippen LogP contribution in [0.1, 0.15) is 63.0 Å². The third-order valence-electron chi connectivity index (χ3n) is 7.46. The molecule has 0 bridgehead atoms. The molecule has 0 amide bonds. The van der Waals surface area contributed by atoms with Crippen LogP contribution in [0.2, 0.25) is 0 Å². The molecule has 25 heavy (non-hydrogen) atoms. The number of fused-ring (bicyclic) bond motifs is 5. The Bertz CT molecular complexity index is 628. The first-order chi connectivity index (χ1) is 12.0. The lowest BCUT2D eigenvalue weighted by Crippen LogP contribution is -2.49. The van der Waals surface area contributed by atoms with Crippen LogP contribution in [0.5, 0.6) is 5.75 Å². The number of ether oxygens (including phenoxy) is 1. The molecular formula is C22H32O3. The minimum atomic E-state index is -0.159. The molecule has 2 fully saturated rings. The van der Waals surface area contributed by atoms with Crippen molar-refractivity contribution in [2.75, 3.05) is 13.2 Å². The van der Waals surface area contributed by atoms with Crippen LogP contribution in [0.25, 0.3) is 0 Å². The normalized spacial score (nSPS) is 39.6. The largest absolute Gasteiger partial charge is 0.508 e. The van der Waals surface area contributed by atoms with Gasteiger partial charge < -0.3 is 14.9 Å². The average molecular weight is 344 g/mol. The lowest BCUT2D eigenvalue weighted by Gasteiger charge is -2.53. The Morgan fingerprint density at radius 1 is 1.24 bits per heavy atom. The van der Waals surface area contributed by atoms with Gasteiger partial charge in [0.1, 0.15) is 5.75 Å². The molecule has 3 aliphatic rings. The molecule has 2 N–H and O–H groups in total. The molecule has 0 saturated heterocycles. The van der Waals surface area contributed by atoms with Crippen LogP contribution >= 0.6 is 0 Å². The lowest BCUT2D eigenvalue weighted by atomic mass is 9.52. The van der Waals surface area contributed by atoms with E-state index in [-0.39, 0.29) is 11.5 Å². The quantitative estimate of drug-likeness (QED) is 0.802. The molecule has 2 saturated carbocycles. The van der Waals surface area contributed by atoms with Crippen molar-refractivity contribution in [3.05, 3.63) is 29.3 Å². The van der Waals surface area contributed by atoms with Crippen molar-refractivity contribution in [3.63, 3.8) is 0 Å². The topological polar surface area (TPSA) is 49.7 Å². The zero-order valence-electron chi connectivity index (χ0n) is 15.6. The highest BCUT2D eigenvalue weighted by Gasteiger charge is 2.57. The monoisotopic (exact) mass is 344 g/mol. The van der Waals surface area contributed by atoms with Gasteiger partial charge in [0.05, 0.1) is 6.10 Å². The number of rotatable bonds is 4. The molecule has 4 rings (SSSR count). The maximum Gasteiger partial charge on any atom is 0.115 e. The van der Waals surface area contributed by atoms with E-state index in [0.29, 0.717) is 29.4 Å². The van der Waals surface area contributed by atoms with Crippen molar-refractivity contribution in [1.82, 2.24) is 0 Å². The Morgan fingerprint density at radius 3 is 2.88 bits per heavy atom. The molecule has 0 spiro atoms. The Kier molecular flexibility index (Phi) is 4.57. The third-order valence-corrected chi connectivity index (χ3v) is 7.46. The standard InChI is InChI=1S/C22H32O3/c1-3-10-25-13-15-12-22(2)19(8-9-20(22)24)18-6-4-14-11-16(23)5-7-17(14)21(15)18/h5,7,11,15,18-21,23-24H,3-4,6,8-10,12-13H2,1-2H3/t15-,18+,19+,20+,21-,22+/m1/s1. The first-order valence-electron chi connectivity index (χ1n) is 10.1. The van der Waals surface area contributed by atoms with E-state index >= 15 is 0 Å². The maximum atomic E-state index is 10.7. The number of phenolic OH excluding ortho intramolecular Hbond substituents is 1. The number of hydrogen-bond donors (Lipinski definition) is 2. The minimum absolute atomic E-state index is 0.0514. The van der Waals surface area contributed by atoms with Crippen molar-refractivity contribution in [2.45, 2.75) is 64.4 Å². The molecule has 1 aromatic rings. The smallest absolute Gasteiger partial charge is 0.115 e. The van der Waals surface area contributed by atoms with Crippen LogP contribution in [-0.4, -0.2) is 29.5 Å². The molecule has 3 heteroatoms. The van der Waals surface area contributed by atoms with Crippen molar-refractivity contribution in [2.24, 2.45) is 23.2 Å². The van der Waals surface area contributed by atoms with Crippen LogP contribution < -0.4 is 0 Å². The van der Waals surface area contributed by atoms with E-state index < -0.39 is 0 Å². The molecule has 0 aliphatic heterocycles. The second-order valence-corrected chi connectivity index (χ2v) is 8.86. The van der Waals surface area contributed by atoms with E-state index in [0.717, 1.165) is 45.3 Å². The maximum absolute atomic E-state index is 10.7. The fourth-order valence-electron chi connectivity index (χ4n) is 6.39. The van der Waals surface area contributed by atoms with Gasteiger partial charge in [0, 0.05) is 13.2 Å². The first-order valence-corrected chi connectivity index (χ1v) is 10.1. The summed E-state index contributed by atoms with van der Waals surface area (Å²) in [5.41, 5.74) is 2.81. The zero-order valence-corrected chi connectivity index (χ0v) is 15.6. The molecule has 6 atom stereocenters. The summed E-state index contributed by atoms with van der Waals surface area (Å²) in [5.74, 6) is 2.63. The average Bonchev–Trinajstić information content (AvgIpc) is 2.89. The lowest BCUT2D eigenvalue weighted by molar-refractivity contribution is -0.0672. The van der Waals surface area contributed by atoms with Crippen LogP contribution in [0.3, 0.4) is 0 Å². The second kappa shape index (κ2) is 6.59. The minimum Gasteiger partial charge on any atom is -0.508 e. The molecule has 3 nitrogen and oxygen atoms in total. The molecule has 3 aliphatic carbocycles. The van der Waals surface area contributed by atoms with Gasteiger partial charge in [-0.1, -0.05) is 19.9 Å². The highest BCUT2D eigenvalue weighted by atomic mass is 16.5. The Hall–Kier alpha value is -1.06. The Labute approximate surface area is 151 Å². The summed E-state index contributed by atoms with van der Waals surface area (Å²) in [6.07, 6.45) is 6.30. The SMILES string of the molecule is CCCOC[C@H]1C[C@]2(C)[C@@H](O)CC[C@H]2[C@@H]2CCc3cc(O)ccc3[C@@H]12. The number of benzene rings is 1. The van der Waals surface area contributed by atoms with Crippen LogP contribution in [-0.2, 0) is 11.2 Å². The summed E-state index contributed by atoms with van der Waals surface area (Å²) in [7, 11) is 0. The van der Waals surface area contributed by atoms with Crippen molar-refractivity contribution in [1.29, 1.82) is 0 Å². The summed E-state index contributed by atoms with van der Waals surface area (Å²) in [6.45, 7) is 6.09. The Balaban J connectivity index is 1.70. The van der Waals surface area contributed by atoms with Gasteiger partial charge in [0.15, 0.2) is 0 Å². The number of phenols is 1. The summed E-state index contributed by atoms with van der Waals surface area (Å²) >= 11 is 0. The van der Waals surface area contributed by atoms with Crippen molar-refractivity contribution < 1.29 is 14.9 Å². The highest BCUT2D eigenvalue weighted by Crippen LogP contribution is 2.62. The number of aromatic hydroxyl groups is 1. The molecule has 0 aromatic heterocycles. The first kappa shape index (κ1) is 17.4. The van der Waals surface area contributed by atoms with Gasteiger partial charge in [0.2, 0.25) is 0 Å². The van der Waals surface area contributed by atoms with Crippen molar-refractivity contribution in [3.8, 4) is 5.75 Å². The number of aryl methyl sites for hydroxylation is 1. The van der Waals surface area contributed by atoms with Gasteiger partial charge in [-0.2, -0.15) is 0 Å². The second-order valence-electron chi connectivity index (χ2n) is 8.86. The molecule has 0 heterocycles. The summed E-state index contributed by atoms with van der Waals surface area (Å²) in [5, 5.41) is 20.6. The summed E-state index contributed by atoms with van der Waals surface area (Å²) in [4.78, 5) is 0. The van der Waals surface area contributed by atoms with E-state index in [2.05, 4.69) is 19.9 Å². The fraction of sp³-hybridized carbons (Fsp3) is 0.727. The van der Waals surface area contributed by atoms with Gasteiger partial charge >= 0.3 is 0 Å². The molecule has 0 radical (unpaired) electrons. The molecular weight excluding hydrogens is 312 g/mol. The van der Waals surface area contributed by atoms with Gasteiger partial charge in [-0.15, -0.1) is 0 Å². The van der Waals surface area contributed by atoms with Crippen molar-refractivity contribution >= 4 is 0 Å². The van der Waals surface area contributed by atoms with Gasteiger partial charge in [-0.3, -0.25) is 0 Å². The van der Waals surface area contributed by atoms with Gasteiger partial charge in [-0.05, 0) is 90.9 Å². The molecule has 0 unspecified atom stereocenters. The number of hydrogen-bond acceptors (Lipinski definition) is 3. The number of aliphatic hydroxyl groups excluding tert-OH is 1. The van der Waals surface area contributed by atoms with Gasteiger partial charge in [-0.25, -0.2) is 0 Å². The van der Waals surface area contributed by atoms with E-state index in [9.17, 15) is 10.2 Å². The third kappa shape index (κ3) is 2.80. The number of aliphatic hydroxyl groups is 1. The Morgan fingerprint density at radius 2 is 2.08 bits per heavy atom. The fourth-order valence-corrected chi connectivity index (χ4v) is 6.39. The van der Waals surface area contributed by atoms with E-state index in [1.54, 1.807) is 0 Å². The predicted molar refractivity (Wildman–Crippen MR) is 98.7 cm³/mol. The molecule has 1 aromatic carbocycles. The van der Waals surface area contributed by atoms with Crippen LogP contribution in [0.4, 0.5) is 0 Å². The molecule has 138 valence electrons.